The van der Waals surface area contributed by atoms with Gasteiger partial charge in [0.15, 0.2) is 0 Å². The van der Waals surface area contributed by atoms with E-state index in [4.69, 9.17) is 5.73 Å². The Hall–Kier alpha value is -2.21. The smallest absolute Gasteiger partial charge is 0.225 e. The summed E-state index contributed by atoms with van der Waals surface area (Å²) in [4.78, 5) is 17.6. The summed E-state index contributed by atoms with van der Waals surface area (Å²) in [5.41, 5.74) is 7.90. The average Bonchev–Trinajstić information content (AvgIpc) is 2.56. The molecule has 2 N–H and O–H groups in total. The monoisotopic (exact) mass is 284 g/mol. The number of piperazine rings is 1. The lowest BCUT2D eigenvalue weighted by atomic mass is 10.2. The van der Waals surface area contributed by atoms with Gasteiger partial charge in [0.2, 0.25) is 5.95 Å². The molecule has 1 aliphatic heterocycles. The molecule has 3 heterocycles. The third kappa shape index (κ3) is 3.11. The molecule has 1 atom stereocenters. The highest BCUT2D eigenvalue weighted by atomic mass is 15.3. The number of nitrogens with zero attached hydrogens (tertiary/aromatic N) is 5. The second kappa shape index (κ2) is 6.05. The first-order valence-corrected chi connectivity index (χ1v) is 7.22. The van der Waals surface area contributed by atoms with Gasteiger partial charge < -0.3 is 15.5 Å². The van der Waals surface area contributed by atoms with Crippen molar-refractivity contribution >= 4 is 11.6 Å². The van der Waals surface area contributed by atoms with E-state index in [1.165, 1.54) is 0 Å². The molecule has 6 nitrogen and oxygen atoms in total. The van der Waals surface area contributed by atoms with Crippen molar-refractivity contribution in [2.75, 3.05) is 36.0 Å². The Morgan fingerprint density at radius 3 is 2.24 bits per heavy atom. The van der Waals surface area contributed by atoms with E-state index < -0.39 is 0 Å². The third-order valence-corrected chi connectivity index (χ3v) is 3.72. The zero-order valence-electron chi connectivity index (χ0n) is 12.2. The lowest BCUT2D eigenvalue weighted by Gasteiger charge is -2.35. The first-order chi connectivity index (χ1) is 10.2. The highest BCUT2D eigenvalue weighted by Gasteiger charge is 2.19. The number of aromatic nitrogens is 3. The fourth-order valence-corrected chi connectivity index (χ4v) is 2.47. The van der Waals surface area contributed by atoms with Crippen LogP contribution in [0.25, 0.3) is 0 Å². The second-order valence-corrected chi connectivity index (χ2v) is 5.25. The Kier molecular flexibility index (Phi) is 3.96. The molecule has 0 aromatic carbocycles. The fraction of sp³-hybridized carbons (Fsp3) is 0.400. The van der Waals surface area contributed by atoms with Crippen LogP contribution in [0, 0.1) is 0 Å². The predicted octanol–water partition coefficient (Wildman–Crippen LogP) is 1.22. The van der Waals surface area contributed by atoms with Crippen LogP contribution in [-0.4, -0.2) is 41.1 Å². The molecule has 2 aromatic rings. The molecule has 1 aliphatic rings. The van der Waals surface area contributed by atoms with Gasteiger partial charge in [-0.25, -0.2) is 9.97 Å². The maximum atomic E-state index is 5.83. The average molecular weight is 284 g/mol. The molecule has 1 unspecified atom stereocenters. The van der Waals surface area contributed by atoms with Crippen molar-refractivity contribution in [1.29, 1.82) is 0 Å². The minimum Gasteiger partial charge on any atom is -0.367 e. The summed E-state index contributed by atoms with van der Waals surface area (Å²) >= 11 is 0. The molecule has 3 rings (SSSR count). The van der Waals surface area contributed by atoms with Crippen LogP contribution in [0.5, 0.6) is 0 Å². The highest BCUT2D eigenvalue weighted by molar-refractivity contribution is 5.47. The van der Waals surface area contributed by atoms with Crippen LogP contribution in [0.3, 0.4) is 0 Å². The Bertz CT molecular complexity index is 560. The molecular formula is C15H20N6. The summed E-state index contributed by atoms with van der Waals surface area (Å²) in [7, 11) is 0. The first-order valence-electron chi connectivity index (χ1n) is 7.22. The van der Waals surface area contributed by atoms with Crippen molar-refractivity contribution in [2.24, 2.45) is 5.73 Å². The number of hydrogen-bond acceptors (Lipinski definition) is 6. The Balaban J connectivity index is 1.63. The number of hydrogen-bond donors (Lipinski definition) is 1. The standard InChI is InChI=1S/C15H20N6/c1-12(16)14-4-3-13(11-19-14)20-7-9-21(10-8-20)15-17-5-2-6-18-15/h2-6,11-12H,7-10,16H2,1H3. The van der Waals surface area contributed by atoms with Crippen molar-refractivity contribution in [2.45, 2.75) is 13.0 Å². The number of nitrogens with two attached hydrogens (primary N) is 1. The van der Waals surface area contributed by atoms with Crippen molar-refractivity contribution in [3.63, 3.8) is 0 Å². The van der Waals surface area contributed by atoms with Gasteiger partial charge in [-0.15, -0.1) is 0 Å². The molecule has 0 bridgehead atoms. The highest BCUT2D eigenvalue weighted by Crippen LogP contribution is 2.18. The van der Waals surface area contributed by atoms with Crippen LogP contribution in [0.15, 0.2) is 36.8 Å². The number of anilines is 2. The maximum absolute atomic E-state index is 5.83. The molecule has 0 radical (unpaired) electrons. The summed E-state index contributed by atoms with van der Waals surface area (Å²) in [6, 6.07) is 5.92. The van der Waals surface area contributed by atoms with Crippen LogP contribution in [0.4, 0.5) is 11.6 Å². The Morgan fingerprint density at radius 2 is 1.67 bits per heavy atom. The summed E-state index contributed by atoms with van der Waals surface area (Å²) in [5.74, 6) is 0.808. The fourth-order valence-electron chi connectivity index (χ4n) is 2.47. The minimum absolute atomic E-state index is 0.0221. The zero-order chi connectivity index (χ0) is 14.7. The molecule has 1 saturated heterocycles. The van der Waals surface area contributed by atoms with E-state index in [0.29, 0.717) is 0 Å². The van der Waals surface area contributed by atoms with E-state index >= 15 is 0 Å². The van der Waals surface area contributed by atoms with Gasteiger partial charge in [-0.05, 0) is 25.1 Å². The van der Waals surface area contributed by atoms with Crippen molar-refractivity contribution in [1.82, 2.24) is 15.0 Å². The molecular weight excluding hydrogens is 264 g/mol. The van der Waals surface area contributed by atoms with Gasteiger partial charge >= 0.3 is 0 Å². The third-order valence-electron chi connectivity index (χ3n) is 3.72. The van der Waals surface area contributed by atoms with Gasteiger partial charge in [0, 0.05) is 44.6 Å². The van der Waals surface area contributed by atoms with E-state index in [9.17, 15) is 0 Å². The van der Waals surface area contributed by atoms with E-state index in [-0.39, 0.29) is 6.04 Å². The molecule has 110 valence electrons. The SMILES string of the molecule is CC(N)c1ccc(N2CCN(c3ncccn3)CC2)cn1. The Morgan fingerprint density at radius 1 is 1.00 bits per heavy atom. The zero-order valence-corrected chi connectivity index (χ0v) is 12.2. The van der Waals surface area contributed by atoms with Gasteiger partial charge in [0.1, 0.15) is 0 Å². The van der Waals surface area contributed by atoms with E-state index in [2.05, 4.69) is 30.8 Å². The molecule has 6 heteroatoms. The van der Waals surface area contributed by atoms with Crippen LogP contribution < -0.4 is 15.5 Å². The predicted molar refractivity (Wildman–Crippen MR) is 83.3 cm³/mol. The van der Waals surface area contributed by atoms with Gasteiger partial charge in [-0.1, -0.05) is 0 Å². The maximum Gasteiger partial charge on any atom is 0.225 e. The minimum atomic E-state index is -0.0221. The summed E-state index contributed by atoms with van der Waals surface area (Å²) in [5, 5.41) is 0. The lowest BCUT2D eigenvalue weighted by molar-refractivity contribution is 0.638. The molecule has 0 aliphatic carbocycles. The summed E-state index contributed by atoms with van der Waals surface area (Å²) < 4.78 is 0. The summed E-state index contributed by atoms with van der Waals surface area (Å²) in [6.07, 6.45) is 5.48. The number of rotatable bonds is 3. The second-order valence-electron chi connectivity index (χ2n) is 5.25. The first kappa shape index (κ1) is 13.8. The quantitative estimate of drug-likeness (QED) is 0.913. The Labute approximate surface area is 124 Å². The van der Waals surface area contributed by atoms with E-state index in [0.717, 1.165) is 43.5 Å². The van der Waals surface area contributed by atoms with Gasteiger partial charge in [0.05, 0.1) is 17.6 Å². The summed E-state index contributed by atoms with van der Waals surface area (Å²) in [6.45, 7) is 5.66. The lowest BCUT2D eigenvalue weighted by Crippen LogP contribution is -2.47. The normalized spacial score (nSPS) is 16.9. The molecule has 21 heavy (non-hydrogen) atoms. The molecule has 2 aromatic heterocycles. The van der Waals surface area contributed by atoms with Gasteiger partial charge in [-0.2, -0.15) is 0 Å². The topological polar surface area (TPSA) is 71.2 Å². The van der Waals surface area contributed by atoms with Crippen molar-refractivity contribution < 1.29 is 0 Å². The molecule has 1 fully saturated rings. The van der Waals surface area contributed by atoms with Crippen molar-refractivity contribution in [3.05, 3.63) is 42.5 Å². The van der Waals surface area contributed by atoms with Crippen LogP contribution in [0.2, 0.25) is 0 Å². The molecule has 0 spiro atoms. The van der Waals surface area contributed by atoms with E-state index in [1.54, 1.807) is 12.4 Å². The number of pyridine rings is 1. The van der Waals surface area contributed by atoms with Crippen LogP contribution >= 0.6 is 0 Å². The van der Waals surface area contributed by atoms with Crippen LogP contribution in [-0.2, 0) is 0 Å². The molecule has 0 amide bonds. The van der Waals surface area contributed by atoms with E-state index in [1.807, 2.05) is 25.3 Å². The van der Waals surface area contributed by atoms with Crippen molar-refractivity contribution in [3.8, 4) is 0 Å². The van der Waals surface area contributed by atoms with Gasteiger partial charge in [-0.3, -0.25) is 4.98 Å². The van der Waals surface area contributed by atoms with Crippen LogP contribution in [0.1, 0.15) is 18.7 Å². The molecule has 0 saturated carbocycles. The van der Waals surface area contributed by atoms with Gasteiger partial charge in [0.25, 0.3) is 0 Å². The largest absolute Gasteiger partial charge is 0.367 e.